The summed E-state index contributed by atoms with van der Waals surface area (Å²) in [6.07, 6.45) is 4.41. The van der Waals surface area contributed by atoms with Gasteiger partial charge in [-0.2, -0.15) is 0 Å². The van der Waals surface area contributed by atoms with Crippen molar-refractivity contribution in [2.45, 2.75) is 46.1 Å². The van der Waals surface area contributed by atoms with Crippen molar-refractivity contribution >= 4 is 16.3 Å². The number of nitrogens with zero attached hydrogens (tertiary/aromatic N) is 2. The fourth-order valence-electron chi connectivity index (χ4n) is 2.30. The number of fused-ring (bicyclic) bond motifs is 1. The molecule has 0 aliphatic rings. The molecule has 0 saturated carbocycles. The zero-order chi connectivity index (χ0) is 13.7. The van der Waals surface area contributed by atoms with Crippen molar-refractivity contribution in [3.05, 3.63) is 22.5 Å². The number of nitrogens with one attached hydrogen (secondary N) is 1. The Morgan fingerprint density at radius 2 is 2.05 bits per heavy atom. The van der Waals surface area contributed by atoms with Crippen molar-refractivity contribution in [2.24, 2.45) is 0 Å². The van der Waals surface area contributed by atoms with Gasteiger partial charge in [0.15, 0.2) is 4.96 Å². The second-order valence-corrected chi connectivity index (χ2v) is 5.79. The highest BCUT2D eigenvalue weighted by Gasteiger charge is 2.11. The number of aliphatic hydroxyl groups excluding tert-OH is 1. The van der Waals surface area contributed by atoms with Gasteiger partial charge in [0.2, 0.25) is 0 Å². The SMILES string of the molecule is Cc1nc2scc(C)n2c1CNCCCCCCO. The third kappa shape index (κ3) is 3.55. The molecule has 0 aromatic carbocycles. The molecule has 2 aromatic heterocycles. The van der Waals surface area contributed by atoms with E-state index >= 15 is 0 Å². The molecule has 106 valence electrons. The molecule has 0 bridgehead atoms. The Morgan fingerprint density at radius 3 is 2.84 bits per heavy atom. The highest BCUT2D eigenvalue weighted by molar-refractivity contribution is 7.15. The minimum absolute atomic E-state index is 0.317. The zero-order valence-corrected chi connectivity index (χ0v) is 12.6. The van der Waals surface area contributed by atoms with Gasteiger partial charge in [0, 0.05) is 24.2 Å². The predicted molar refractivity (Wildman–Crippen MR) is 79.8 cm³/mol. The average molecular weight is 281 g/mol. The van der Waals surface area contributed by atoms with Gasteiger partial charge in [-0.25, -0.2) is 4.98 Å². The van der Waals surface area contributed by atoms with Crippen LogP contribution in [0.2, 0.25) is 0 Å². The summed E-state index contributed by atoms with van der Waals surface area (Å²) in [6.45, 7) is 6.43. The quantitative estimate of drug-likeness (QED) is 0.731. The lowest BCUT2D eigenvalue weighted by Gasteiger charge is -2.06. The van der Waals surface area contributed by atoms with Crippen molar-refractivity contribution < 1.29 is 5.11 Å². The second kappa shape index (κ2) is 7.03. The molecule has 0 saturated heterocycles. The maximum Gasteiger partial charge on any atom is 0.194 e. The van der Waals surface area contributed by atoms with Crippen LogP contribution in [0.3, 0.4) is 0 Å². The molecule has 0 atom stereocenters. The van der Waals surface area contributed by atoms with E-state index in [4.69, 9.17) is 5.11 Å². The molecule has 5 heteroatoms. The number of unbranched alkanes of at least 4 members (excludes halogenated alkanes) is 3. The molecule has 19 heavy (non-hydrogen) atoms. The number of rotatable bonds is 8. The van der Waals surface area contributed by atoms with Crippen molar-refractivity contribution in [1.82, 2.24) is 14.7 Å². The lowest BCUT2D eigenvalue weighted by molar-refractivity contribution is 0.282. The van der Waals surface area contributed by atoms with E-state index in [0.29, 0.717) is 6.61 Å². The van der Waals surface area contributed by atoms with Crippen LogP contribution in [0.1, 0.15) is 42.8 Å². The summed E-state index contributed by atoms with van der Waals surface area (Å²) in [6, 6.07) is 0. The van der Waals surface area contributed by atoms with Crippen LogP contribution in [0.15, 0.2) is 5.38 Å². The molecule has 0 aliphatic carbocycles. The fraction of sp³-hybridized carbons (Fsp3) is 0.643. The maximum atomic E-state index is 8.71. The molecule has 0 radical (unpaired) electrons. The van der Waals surface area contributed by atoms with Gasteiger partial charge in [-0.3, -0.25) is 4.40 Å². The highest BCUT2D eigenvalue weighted by Crippen LogP contribution is 2.20. The van der Waals surface area contributed by atoms with Gasteiger partial charge in [0.05, 0.1) is 11.4 Å². The van der Waals surface area contributed by atoms with E-state index in [-0.39, 0.29) is 0 Å². The normalized spacial score (nSPS) is 11.5. The third-order valence-corrected chi connectivity index (χ3v) is 4.33. The van der Waals surface area contributed by atoms with E-state index in [0.717, 1.165) is 36.6 Å². The van der Waals surface area contributed by atoms with Gasteiger partial charge in [0.1, 0.15) is 0 Å². The topological polar surface area (TPSA) is 49.6 Å². The third-order valence-electron chi connectivity index (χ3n) is 3.38. The van der Waals surface area contributed by atoms with Gasteiger partial charge in [-0.05, 0) is 33.2 Å². The first-order valence-corrected chi connectivity index (χ1v) is 7.85. The second-order valence-electron chi connectivity index (χ2n) is 4.95. The monoisotopic (exact) mass is 281 g/mol. The molecule has 2 aromatic rings. The van der Waals surface area contributed by atoms with Crippen LogP contribution in [0.5, 0.6) is 0 Å². The van der Waals surface area contributed by atoms with E-state index in [1.807, 2.05) is 0 Å². The molecule has 2 rings (SSSR count). The molecule has 0 unspecified atom stereocenters. The first-order valence-electron chi connectivity index (χ1n) is 6.97. The summed E-state index contributed by atoms with van der Waals surface area (Å²) in [5.74, 6) is 0. The van der Waals surface area contributed by atoms with Crippen molar-refractivity contribution in [3.63, 3.8) is 0 Å². The lowest BCUT2D eigenvalue weighted by Crippen LogP contribution is -2.16. The number of aliphatic hydroxyl groups is 1. The summed E-state index contributed by atoms with van der Waals surface area (Å²) in [5.41, 5.74) is 3.67. The van der Waals surface area contributed by atoms with E-state index < -0.39 is 0 Å². The van der Waals surface area contributed by atoms with Crippen LogP contribution in [0.25, 0.3) is 4.96 Å². The minimum atomic E-state index is 0.317. The number of thiazole rings is 1. The van der Waals surface area contributed by atoms with Crippen LogP contribution in [-0.2, 0) is 6.54 Å². The molecule has 0 aliphatic heterocycles. The van der Waals surface area contributed by atoms with E-state index in [1.54, 1.807) is 11.3 Å². The minimum Gasteiger partial charge on any atom is -0.396 e. The van der Waals surface area contributed by atoms with Gasteiger partial charge in [-0.1, -0.05) is 12.8 Å². The molecule has 2 N–H and O–H groups in total. The van der Waals surface area contributed by atoms with Gasteiger partial charge in [0.25, 0.3) is 0 Å². The van der Waals surface area contributed by atoms with Gasteiger partial charge in [-0.15, -0.1) is 11.3 Å². The Hall–Kier alpha value is -0.910. The number of hydrogen-bond donors (Lipinski definition) is 2. The van der Waals surface area contributed by atoms with Crippen LogP contribution < -0.4 is 5.32 Å². The molecule has 2 heterocycles. The van der Waals surface area contributed by atoms with Crippen LogP contribution >= 0.6 is 11.3 Å². The summed E-state index contributed by atoms with van der Waals surface area (Å²) < 4.78 is 2.25. The Balaban J connectivity index is 1.81. The largest absolute Gasteiger partial charge is 0.396 e. The number of imidazole rings is 1. The Morgan fingerprint density at radius 1 is 1.26 bits per heavy atom. The lowest BCUT2D eigenvalue weighted by atomic mass is 10.2. The smallest absolute Gasteiger partial charge is 0.194 e. The first kappa shape index (κ1) is 14.5. The summed E-state index contributed by atoms with van der Waals surface area (Å²) in [5, 5.41) is 14.4. The molecular weight excluding hydrogens is 258 g/mol. The summed E-state index contributed by atoms with van der Waals surface area (Å²) in [4.78, 5) is 5.68. The van der Waals surface area contributed by atoms with Gasteiger partial charge >= 0.3 is 0 Å². The van der Waals surface area contributed by atoms with Crippen molar-refractivity contribution in [3.8, 4) is 0 Å². The van der Waals surface area contributed by atoms with E-state index in [1.165, 1.54) is 24.2 Å². The van der Waals surface area contributed by atoms with Crippen LogP contribution in [-0.4, -0.2) is 27.6 Å². The molecular formula is C14H23N3OS. The van der Waals surface area contributed by atoms with E-state index in [2.05, 4.69) is 33.9 Å². The Labute approximate surface area is 118 Å². The standard InChI is InChI=1S/C14H23N3OS/c1-11-10-19-14-16-12(2)13(17(11)14)9-15-7-5-3-4-6-8-18/h10,15,18H,3-9H2,1-2H3. The van der Waals surface area contributed by atoms with Crippen LogP contribution in [0, 0.1) is 13.8 Å². The molecule has 4 nitrogen and oxygen atoms in total. The zero-order valence-electron chi connectivity index (χ0n) is 11.8. The van der Waals surface area contributed by atoms with E-state index in [9.17, 15) is 0 Å². The summed E-state index contributed by atoms with van der Waals surface area (Å²) in [7, 11) is 0. The molecule has 0 amide bonds. The number of hydrogen-bond acceptors (Lipinski definition) is 4. The average Bonchev–Trinajstić information content (AvgIpc) is 2.89. The first-order chi connectivity index (χ1) is 9.24. The van der Waals surface area contributed by atoms with Gasteiger partial charge < -0.3 is 10.4 Å². The fourth-order valence-corrected chi connectivity index (χ4v) is 3.23. The summed E-state index contributed by atoms with van der Waals surface area (Å²) >= 11 is 1.70. The maximum absolute atomic E-state index is 8.71. The number of aromatic nitrogens is 2. The highest BCUT2D eigenvalue weighted by atomic mass is 32.1. The van der Waals surface area contributed by atoms with Crippen molar-refractivity contribution in [2.75, 3.05) is 13.2 Å². The Bertz CT molecular complexity index is 518. The van der Waals surface area contributed by atoms with Crippen LogP contribution in [0.4, 0.5) is 0 Å². The molecule has 0 spiro atoms. The predicted octanol–water partition coefficient (Wildman–Crippen LogP) is 2.65. The van der Waals surface area contributed by atoms with Crippen molar-refractivity contribution in [1.29, 1.82) is 0 Å². The molecule has 0 fully saturated rings. The number of aryl methyl sites for hydroxylation is 2. The Kier molecular flexibility index (Phi) is 5.36.